The van der Waals surface area contributed by atoms with Crippen molar-refractivity contribution in [3.63, 3.8) is 0 Å². The average Bonchev–Trinajstić information content (AvgIpc) is 3.04. The number of alkyl halides is 1. The highest BCUT2D eigenvalue weighted by atomic mass is 79.9. The van der Waals surface area contributed by atoms with Crippen LogP contribution in [-0.4, -0.2) is 56.0 Å². The number of β-lactam (4-membered cyclic amide) rings is 1. The minimum absolute atomic E-state index is 0.286. The molecule has 3 unspecified atom stereocenters. The first-order chi connectivity index (χ1) is 11.8. The summed E-state index contributed by atoms with van der Waals surface area (Å²) in [5, 5.41) is 11.9. The van der Waals surface area contributed by atoms with Gasteiger partial charge >= 0.3 is 11.9 Å². The zero-order valence-corrected chi connectivity index (χ0v) is 16.5. The normalized spacial score (nSPS) is 20.6. The molecule has 0 aliphatic carbocycles. The lowest BCUT2D eigenvalue weighted by atomic mass is 9.99. The Hall–Kier alpha value is -1.59. The van der Waals surface area contributed by atoms with Gasteiger partial charge in [-0.1, -0.05) is 15.9 Å². The molecule has 1 aliphatic heterocycles. The van der Waals surface area contributed by atoms with Gasteiger partial charge in [0.2, 0.25) is 5.91 Å². The minimum Gasteiger partial charge on any atom is -0.478 e. The zero-order chi connectivity index (χ0) is 18.7. The maximum Gasteiger partial charge on any atom is 0.357 e. The summed E-state index contributed by atoms with van der Waals surface area (Å²) in [4.78, 5) is 48.3. The van der Waals surface area contributed by atoms with E-state index in [4.69, 9.17) is 9.84 Å². The molecule has 1 fully saturated rings. The second kappa shape index (κ2) is 8.19. The van der Waals surface area contributed by atoms with E-state index in [0.29, 0.717) is 22.3 Å². The van der Waals surface area contributed by atoms with Crippen LogP contribution in [0.1, 0.15) is 13.8 Å². The number of rotatable bonds is 7. The van der Waals surface area contributed by atoms with Crippen molar-refractivity contribution in [2.75, 3.05) is 10.2 Å². The number of carboxylic acid groups (broad SMARTS) is 1. The van der Waals surface area contributed by atoms with Crippen molar-refractivity contribution in [3.8, 4) is 0 Å². The summed E-state index contributed by atoms with van der Waals surface area (Å²) in [5.41, 5.74) is -1.53. The third kappa shape index (κ3) is 4.15. The maximum absolute atomic E-state index is 12.6. The molecular weight excluding hydrogens is 436 g/mol. The fraction of sp³-hybridized carbons (Fsp3) is 0.429. The van der Waals surface area contributed by atoms with Crippen LogP contribution in [0.2, 0.25) is 0 Å². The SMILES string of the molecule is CC(=O)OC(SN1C(=O)C(N(C(C)=O)c2cccs2)C1CBr)C(=O)O. The molecule has 0 radical (unpaired) electrons. The number of halogens is 1. The molecule has 2 amide bonds. The van der Waals surface area contributed by atoms with E-state index in [1.807, 2.05) is 0 Å². The van der Waals surface area contributed by atoms with E-state index in [-0.39, 0.29) is 5.91 Å². The number of ether oxygens (including phenoxy) is 1. The molecule has 2 heterocycles. The number of esters is 1. The van der Waals surface area contributed by atoms with E-state index in [2.05, 4.69) is 15.9 Å². The number of amides is 2. The van der Waals surface area contributed by atoms with Crippen molar-refractivity contribution in [2.24, 2.45) is 0 Å². The van der Waals surface area contributed by atoms with Gasteiger partial charge in [0, 0.05) is 31.1 Å². The molecular formula is C14H15BrN2O6S2. The second-order valence-electron chi connectivity index (χ2n) is 5.06. The molecule has 1 aliphatic rings. The van der Waals surface area contributed by atoms with Gasteiger partial charge in [0.15, 0.2) is 0 Å². The van der Waals surface area contributed by atoms with Gasteiger partial charge in [-0.15, -0.1) is 11.3 Å². The van der Waals surface area contributed by atoms with Crippen molar-refractivity contribution >= 4 is 68.0 Å². The van der Waals surface area contributed by atoms with E-state index in [1.165, 1.54) is 27.5 Å². The van der Waals surface area contributed by atoms with Crippen molar-refractivity contribution in [3.05, 3.63) is 17.5 Å². The van der Waals surface area contributed by atoms with Crippen molar-refractivity contribution < 1.29 is 29.0 Å². The Kier molecular flexibility index (Phi) is 6.47. The lowest BCUT2D eigenvalue weighted by Crippen LogP contribution is -2.70. The Balaban J connectivity index is 2.19. The summed E-state index contributed by atoms with van der Waals surface area (Å²) < 4.78 is 5.94. The van der Waals surface area contributed by atoms with E-state index in [0.717, 1.165) is 6.92 Å². The van der Waals surface area contributed by atoms with Gasteiger partial charge in [-0.25, -0.2) is 4.79 Å². The summed E-state index contributed by atoms with van der Waals surface area (Å²) in [6.45, 7) is 2.46. The van der Waals surface area contributed by atoms with Gasteiger partial charge in [-0.3, -0.25) is 23.6 Å². The molecule has 136 valence electrons. The number of carbonyl (C=O) groups is 4. The molecule has 2 rings (SSSR count). The van der Waals surface area contributed by atoms with Crippen LogP contribution in [0.15, 0.2) is 17.5 Å². The number of thiophene rings is 1. The fourth-order valence-corrected chi connectivity index (χ4v) is 5.01. The topological polar surface area (TPSA) is 104 Å². The summed E-state index contributed by atoms with van der Waals surface area (Å²) in [5.74, 6) is -2.84. The lowest BCUT2D eigenvalue weighted by Gasteiger charge is -2.49. The summed E-state index contributed by atoms with van der Waals surface area (Å²) >= 11 is 5.24. The number of anilines is 1. The first-order valence-electron chi connectivity index (χ1n) is 7.07. The fourth-order valence-electron chi connectivity index (χ4n) is 2.33. The largest absolute Gasteiger partial charge is 0.478 e. The Bertz CT molecular complexity index is 683. The molecule has 0 bridgehead atoms. The van der Waals surface area contributed by atoms with E-state index >= 15 is 0 Å². The number of carboxylic acids is 1. The first-order valence-corrected chi connectivity index (χ1v) is 9.90. The van der Waals surface area contributed by atoms with E-state index < -0.39 is 35.4 Å². The molecule has 0 saturated carbocycles. The van der Waals surface area contributed by atoms with Crippen LogP contribution in [-0.2, 0) is 23.9 Å². The predicted molar refractivity (Wildman–Crippen MR) is 96.5 cm³/mol. The van der Waals surface area contributed by atoms with Crippen LogP contribution in [0, 0.1) is 0 Å². The number of hydrogen-bond donors (Lipinski definition) is 1. The van der Waals surface area contributed by atoms with Crippen LogP contribution >= 0.6 is 39.2 Å². The number of carbonyl (C=O) groups excluding carboxylic acids is 3. The number of aliphatic carboxylic acids is 1. The van der Waals surface area contributed by atoms with Crippen LogP contribution in [0.5, 0.6) is 0 Å². The molecule has 3 atom stereocenters. The second-order valence-corrected chi connectivity index (χ2v) is 7.66. The van der Waals surface area contributed by atoms with E-state index in [1.54, 1.807) is 17.5 Å². The first kappa shape index (κ1) is 19.7. The zero-order valence-electron chi connectivity index (χ0n) is 13.2. The standard InChI is InChI=1S/C14H15BrN2O6S2/c1-7(18)16(10-4-3-5-24-10)11-9(6-15)17(12(11)20)25-14(13(21)22)23-8(2)19/h3-5,9,11,14H,6H2,1-2H3,(H,21,22). The van der Waals surface area contributed by atoms with Gasteiger partial charge < -0.3 is 9.84 Å². The highest BCUT2D eigenvalue weighted by Gasteiger charge is 2.53. The highest BCUT2D eigenvalue weighted by molar-refractivity contribution is 9.09. The number of nitrogens with zero attached hydrogens (tertiary/aromatic N) is 2. The third-order valence-electron chi connectivity index (χ3n) is 3.34. The minimum atomic E-state index is -1.53. The van der Waals surface area contributed by atoms with Gasteiger partial charge in [0.1, 0.15) is 6.04 Å². The lowest BCUT2D eigenvalue weighted by molar-refractivity contribution is -0.156. The van der Waals surface area contributed by atoms with Crippen LogP contribution < -0.4 is 4.90 Å². The molecule has 8 nitrogen and oxygen atoms in total. The Morgan fingerprint density at radius 3 is 2.60 bits per heavy atom. The quantitative estimate of drug-likeness (QED) is 0.221. The smallest absolute Gasteiger partial charge is 0.357 e. The van der Waals surface area contributed by atoms with Crippen molar-refractivity contribution in [1.29, 1.82) is 0 Å². The average molecular weight is 451 g/mol. The Labute approximate surface area is 160 Å². The van der Waals surface area contributed by atoms with Gasteiger partial charge in [-0.05, 0) is 17.5 Å². The molecule has 1 aromatic heterocycles. The molecule has 1 N–H and O–H groups in total. The van der Waals surface area contributed by atoms with Crippen LogP contribution in [0.4, 0.5) is 5.00 Å². The van der Waals surface area contributed by atoms with E-state index in [9.17, 15) is 19.2 Å². The monoisotopic (exact) mass is 450 g/mol. The van der Waals surface area contributed by atoms with Gasteiger partial charge in [0.25, 0.3) is 11.3 Å². The van der Waals surface area contributed by atoms with Crippen molar-refractivity contribution in [1.82, 2.24) is 4.31 Å². The Morgan fingerprint density at radius 2 is 2.16 bits per heavy atom. The molecule has 1 saturated heterocycles. The van der Waals surface area contributed by atoms with Crippen LogP contribution in [0.3, 0.4) is 0 Å². The molecule has 11 heteroatoms. The summed E-state index contributed by atoms with van der Waals surface area (Å²) in [6.07, 6.45) is 0. The Morgan fingerprint density at radius 1 is 1.48 bits per heavy atom. The highest BCUT2D eigenvalue weighted by Crippen LogP contribution is 2.38. The van der Waals surface area contributed by atoms with Gasteiger partial charge in [0.05, 0.1) is 11.0 Å². The predicted octanol–water partition coefficient (Wildman–Crippen LogP) is 1.70. The maximum atomic E-state index is 12.6. The molecule has 0 aromatic carbocycles. The molecule has 25 heavy (non-hydrogen) atoms. The van der Waals surface area contributed by atoms with Crippen molar-refractivity contribution in [2.45, 2.75) is 31.4 Å². The van der Waals surface area contributed by atoms with Gasteiger partial charge in [-0.2, -0.15) is 0 Å². The van der Waals surface area contributed by atoms with Crippen LogP contribution in [0.25, 0.3) is 0 Å². The summed E-state index contributed by atoms with van der Waals surface area (Å²) in [6, 6.07) is 2.31. The molecule has 1 aromatic rings. The summed E-state index contributed by atoms with van der Waals surface area (Å²) in [7, 11) is 0. The molecule has 0 spiro atoms. The third-order valence-corrected chi connectivity index (χ3v) is 6.04. The number of hydrogen-bond acceptors (Lipinski definition) is 7.